The minimum Gasteiger partial charge on any atom is -0.497 e. The van der Waals surface area contributed by atoms with Gasteiger partial charge in [0.15, 0.2) is 5.78 Å². The average molecular weight is 349 g/mol. The number of methoxy groups -OCH3 is 1. The van der Waals surface area contributed by atoms with Crippen LogP contribution in [0.4, 0.5) is 0 Å². The Morgan fingerprint density at radius 1 is 1.10 bits per heavy atom. The standard InChI is InChI=1S/C17H17BrO3/c1-3-10-21-16-9-6-13(11-15(16)18)17(19)12-4-7-14(20-2)8-5-12/h4-9,11H,3,10H2,1-2H3. The van der Waals surface area contributed by atoms with Crippen molar-refractivity contribution in [3.8, 4) is 11.5 Å². The third-order valence-corrected chi connectivity index (χ3v) is 3.63. The van der Waals surface area contributed by atoms with Crippen LogP contribution in [0.1, 0.15) is 29.3 Å². The van der Waals surface area contributed by atoms with E-state index in [2.05, 4.69) is 22.9 Å². The predicted octanol–water partition coefficient (Wildman–Crippen LogP) is 4.48. The number of ketones is 1. The molecule has 0 unspecified atom stereocenters. The molecule has 0 atom stereocenters. The fourth-order valence-corrected chi connectivity index (χ4v) is 2.37. The van der Waals surface area contributed by atoms with E-state index < -0.39 is 0 Å². The van der Waals surface area contributed by atoms with E-state index in [1.54, 1.807) is 43.5 Å². The van der Waals surface area contributed by atoms with Crippen LogP contribution in [0.3, 0.4) is 0 Å². The highest BCUT2D eigenvalue weighted by atomic mass is 79.9. The van der Waals surface area contributed by atoms with Crippen molar-refractivity contribution in [3.05, 3.63) is 58.1 Å². The van der Waals surface area contributed by atoms with Gasteiger partial charge in [-0.05, 0) is 64.8 Å². The molecule has 0 spiro atoms. The molecule has 0 aliphatic carbocycles. The van der Waals surface area contributed by atoms with Gasteiger partial charge in [0, 0.05) is 11.1 Å². The lowest BCUT2D eigenvalue weighted by atomic mass is 10.0. The van der Waals surface area contributed by atoms with Crippen molar-refractivity contribution < 1.29 is 14.3 Å². The summed E-state index contributed by atoms with van der Waals surface area (Å²) in [5.74, 6) is 1.46. The molecule has 0 amide bonds. The summed E-state index contributed by atoms with van der Waals surface area (Å²) in [5.41, 5.74) is 1.25. The molecule has 2 rings (SSSR count). The van der Waals surface area contributed by atoms with Gasteiger partial charge in [0.05, 0.1) is 18.2 Å². The summed E-state index contributed by atoms with van der Waals surface area (Å²) in [6.45, 7) is 2.71. The molecule has 0 aromatic heterocycles. The van der Waals surface area contributed by atoms with Gasteiger partial charge < -0.3 is 9.47 Å². The SMILES string of the molecule is CCCOc1ccc(C(=O)c2ccc(OC)cc2)cc1Br. The lowest BCUT2D eigenvalue weighted by Crippen LogP contribution is -2.02. The molecule has 0 saturated carbocycles. The van der Waals surface area contributed by atoms with Crippen molar-refractivity contribution in [2.24, 2.45) is 0 Å². The van der Waals surface area contributed by atoms with Crippen LogP contribution in [0, 0.1) is 0 Å². The zero-order valence-electron chi connectivity index (χ0n) is 12.1. The lowest BCUT2D eigenvalue weighted by Gasteiger charge is -2.09. The van der Waals surface area contributed by atoms with Crippen molar-refractivity contribution in [1.82, 2.24) is 0 Å². The van der Waals surface area contributed by atoms with Crippen LogP contribution in [0.15, 0.2) is 46.9 Å². The molecular weight excluding hydrogens is 332 g/mol. The molecule has 21 heavy (non-hydrogen) atoms. The van der Waals surface area contributed by atoms with Gasteiger partial charge in [-0.3, -0.25) is 4.79 Å². The number of rotatable bonds is 6. The molecule has 110 valence electrons. The van der Waals surface area contributed by atoms with Gasteiger partial charge in [-0.25, -0.2) is 0 Å². The molecule has 0 N–H and O–H groups in total. The third kappa shape index (κ3) is 3.85. The summed E-state index contributed by atoms with van der Waals surface area (Å²) in [7, 11) is 1.60. The van der Waals surface area contributed by atoms with Crippen molar-refractivity contribution in [1.29, 1.82) is 0 Å². The molecule has 3 nitrogen and oxygen atoms in total. The predicted molar refractivity (Wildman–Crippen MR) is 86.4 cm³/mol. The van der Waals surface area contributed by atoms with Gasteiger partial charge in [0.1, 0.15) is 11.5 Å². The molecule has 0 saturated heterocycles. The number of ether oxygens (including phenoxy) is 2. The Labute approximate surface area is 133 Å². The first-order valence-corrected chi connectivity index (χ1v) is 7.56. The van der Waals surface area contributed by atoms with E-state index in [-0.39, 0.29) is 5.78 Å². The Bertz CT molecular complexity index is 620. The second kappa shape index (κ2) is 7.27. The Morgan fingerprint density at radius 3 is 2.33 bits per heavy atom. The minimum absolute atomic E-state index is 0.0274. The Balaban J connectivity index is 2.20. The Morgan fingerprint density at radius 2 is 1.76 bits per heavy atom. The quantitative estimate of drug-likeness (QED) is 0.722. The zero-order chi connectivity index (χ0) is 15.2. The van der Waals surface area contributed by atoms with E-state index in [4.69, 9.17) is 9.47 Å². The van der Waals surface area contributed by atoms with Gasteiger partial charge in [0.25, 0.3) is 0 Å². The summed E-state index contributed by atoms with van der Waals surface area (Å²) >= 11 is 3.44. The minimum atomic E-state index is -0.0274. The van der Waals surface area contributed by atoms with Crippen LogP contribution in [0.25, 0.3) is 0 Å². The molecule has 2 aromatic carbocycles. The number of halogens is 1. The van der Waals surface area contributed by atoms with Gasteiger partial charge >= 0.3 is 0 Å². The molecule has 0 aliphatic heterocycles. The fourth-order valence-electron chi connectivity index (χ4n) is 1.88. The summed E-state index contributed by atoms with van der Waals surface area (Å²) in [6.07, 6.45) is 0.943. The maximum Gasteiger partial charge on any atom is 0.193 e. The first-order valence-electron chi connectivity index (χ1n) is 6.76. The van der Waals surface area contributed by atoms with Crippen LogP contribution in [-0.4, -0.2) is 19.5 Å². The second-order valence-electron chi connectivity index (χ2n) is 4.55. The van der Waals surface area contributed by atoms with E-state index in [0.29, 0.717) is 17.7 Å². The van der Waals surface area contributed by atoms with Crippen LogP contribution >= 0.6 is 15.9 Å². The monoisotopic (exact) mass is 348 g/mol. The summed E-state index contributed by atoms with van der Waals surface area (Å²) in [5, 5.41) is 0. The maximum atomic E-state index is 12.4. The average Bonchev–Trinajstić information content (AvgIpc) is 2.53. The van der Waals surface area contributed by atoms with E-state index in [1.807, 2.05) is 6.07 Å². The highest BCUT2D eigenvalue weighted by Gasteiger charge is 2.11. The molecule has 0 fully saturated rings. The molecule has 0 bridgehead atoms. The molecule has 0 heterocycles. The number of benzene rings is 2. The van der Waals surface area contributed by atoms with Crippen LogP contribution in [0.5, 0.6) is 11.5 Å². The van der Waals surface area contributed by atoms with Crippen molar-refractivity contribution in [3.63, 3.8) is 0 Å². The molecular formula is C17H17BrO3. The summed E-state index contributed by atoms with van der Waals surface area (Å²) < 4.78 is 11.5. The van der Waals surface area contributed by atoms with Crippen molar-refractivity contribution in [2.75, 3.05) is 13.7 Å². The van der Waals surface area contributed by atoms with E-state index in [9.17, 15) is 4.79 Å². The first kappa shape index (κ1) is 15.6. The Kier molecular flexibility index (Phi) is 5.39. The number of carbonyl (C=O) groups excluding carboxylic acids is 1. The number of carbonyl (C=O) groups is 1. The zero-order valence-corrected chi connectivity index (χ0v) is 13.6. The van der Waals surface area contributed by atoms with E-state index >= 15 is 0 Å². The smallest absolute Gasteiger partial charge is 0.193 e. The van der Waals surface area contributed by atoms with Crippen molar-refractivity contribution in [2.45, 2.75) is 13.3 Å². The van der Waals surface area contributed by atoms with Crippen LogP contribution in [-0.2, 0) is 0 Å². The fraction of sp³-hybridized carbons (Fsp3) is 0.235. The molecule has 0 radical (unpaired) electrons. The van der Waals surface area contributed by atoms with Crippen molar-refractivity contribution >= 4 is 21.7 Å². The van der Waals surface area contributed by atoms with Gasteiger partial charge in [-0.15, -0.1) is 0 Å². The van der Waals surface area contributed by atoms with Crippen LogP contribution < -0.4 is 9.47 Å². The third-order valence-electron chi connectivity index (χ3n) is 3.01. The lowest BCUT2D eigenvalue weighted by molar-refractivity contribution is 0.103. The molecule has 2 aromatic rings. The molecule has 4 heteroatoms. The summed E-state index contributed by atoms with van der Waals surface area (Å²) in [4.78, 5) is 12.4. The summed E-state index contributed by atoms with van der Waals surface area (Å²) in [6, 6.07) is 12.5. The van der Waals surface area contributed by atoms with Gasteiger partial charge in [0.2, 0.25) is 0 Å². The Hall–Kier alpha value is -1.81. The topological polar surface area (TPSA) is 35.5 Å². The largest absolute Gasteiger partial charge is 0.497 e. The van der Waals surface area contributed by atoms with E-state index in [0.717, 1.165) is 22.4 Å². The van der Waals surface area contributed by atoms with Crippen LogP contribution in [0.2, 0.25) is 0 Å². The normalized spacial score (nSPS) is 10.2. The maximum absolute atomic E-state index is 12.4. The first-order chi connectivity index (χ1) is 10.2. The van der Waals surface area contributed by atoms with E-state index in [1.165, 1.54) is 0 Å². The number of hydrogen-bond donors (Lipinski definition) is 0. The molecule has 0 aliphatic rings. The van der Waals surface area contributed by atoms with Gasteiger partial charge in [-0.2, -0.15) is 0 Å². The highest BCUT2D eigenvalue weighted by molar-refractivity contribution is 9.10. The second-order valence-corrected chi connectivity index (χ2v) is 5.41. The van der Waals surface area contributed by atoms with Gasteiger partial charge in [-0.1, -0.05) is 6.92 Å². The number of hydrogen-bond acceptors (Lipinski definition) is 3. The highest BCUT2D eigenvalue weighted by Crippen LogP contribution is 2.27.